The molecule has 2 amide bonds. The van der Waals surface area contributed by atoms with Crippen molar-refractivity contribution in [2.24, 2.45) is 0 Å². The van der Waals surface area contributed by atoms with Crippen molar-refractivity contribution < 1.29 is 14.1 Å². The van der Waals surface area contributed by atoms with E-state index in [-0.39, 0.29) is 11.9 Å². The molecule has 0 saturated carbocycles. The van der Waals surface area contributed by atoms with Crippen LogP contribution < -0.4 is 16.2 Å². The van der Waals surface area contributed by atoms with Gasteiger partial charge in [0.2, 0.25) is 5.82 Å². The molecule has 2 aromatic carbocycles. The van der Waals surface area contributed by atoms with Gasteiger partial charge in [-0.05, 0) is 48.9 Å². The minimum atomic E-state index is -0.432. The van der Waals surface area contributed by atoms with E-state index in [9.17, 15) is 9.59 Å². The topological polar surface area (TPSA) is 122 Å². The van der Waals surface area contributed by atoms with Crippen molar-refractivity contribution in [2.45, 2.75) is 6.92 Å². The highest BCUT2D eigenvalue weighted by Crippen LogP contribution is 2.19. The first kappa shape index (κ1) is 19.8. The second-order valence-electron chi connectivity index (χ2n) is 6.59. The van der Waals surface area contributed by atoms with Crippen molar-refractivity contribution in [1.29, 1.82) is 0 Å². The zero-order chi connectivity index (χ0) is 21.6. The van der Waals surface area contributed by atoms with Crippen molar-refractivity contribution >= 4 is 23.5 Å². The Hall–Kier alpha value is -4.53. The molecule has 2 heterocycles. The van der Waals surface area contributed by atoms with Crippen molar-refractivity contribution in [1.82, 2.24) is 20.6 Å². The first-order chi connectivity index (χ1) is 15.1. The maximum absolute atomic E-state index is 12.5. The zero-order valence-electron chi connectivity index (χ0n) is 16.5. The number of carbonyl (C=O) groups excluding carboxylic acids is 2. The van der Waals surface area contributed by atoms with Gasteiger partial charge in [-0.15, -0.1) is 0 Å². The van der Waals surface area contributed by atoms with Crippen molar-refractivity contribution in [2.75, 3.05) is 10.7 Å². The van der Waals surface area contributed by atoms with Gasteiger partial charge >= 0.3 is 6.01 Å². The van der Waals surface area contributed by atoms with E-state index in [1.165, 1.54) is 0 Å². The van der Waals surface area contributed by atoms with Gasteiger partial charge in [-0.3, -0.25) is 20.0 Å². The summed E-state index contributed by atoms with van der Waals surface area (Å²) in [6, 6.07) is 17.4. The number of aryl methyl sites for hydroxylation is 1. The molecular formula is C22H18N6O3. The molecule has 0 aliphatic carbocycles. The standard InChI is InChI=1S/C22H18N6O3/c1-14-7-8-17(13-18(14)24-20(29)16-5-3-2-4-6-16)21(30)26-27-22-25-19(28-31-22)15-9-11-23-12-10-15/h2-13H,1H3,(H,24,29)(H,26,30)(H,25,27,28). The molecule has 0 spiro atoms. The Balaban J connectivity index is 1.41. The highest BCUT2D eigenvalue weighted by Gasteiger charge is 2.13. The molecule has 4 rings (SSSR count). The summed E-state index contributed by atoms with van der Waals surface area (Å²) in [6.45, 7) is 1.85. The van der Waals surface area contributed by atoms with Crippen LogP contribution in [0.5, 0.6) is 0 Å². The maximum Gasteiger partial charge on any atom is 0.340 e. The fourth-order valence-electron chi connectivity index (χ4n) is 2.76. The molecule has 9 heteroatoms. The third-order valence-corrected chi connectivity index (χ3v) is 4.43. The van der Waals surface area contributed by atoms with Gasteiger partial charge in [-0.25, -0.2) is 5.43 Å². The monoisotopic (exact) mass is 414 g/mol. The van der Waals surface area contributed by atoms with Crippen LogP contribution in [0.15, 0.2) is 77.6 Å². The van der Waals surface area contributed by atoms with E-state index in [1.807, 2.05) is 13.0 Å². The molecule has 3 N–H and O–H groups in total. The minimum absolute atomic E-state index is 0.0323. The van der Waals surface area contributed by atoms with Gasteiger partial charge in [0.25, 0.3) is 11.8 Å². The summed E-state index contributed by atoms with van der Waals surface area (Å²) in [5, 5.41) is 6.68. The van der Waals surface area contributed by atoms with E-state index in [2.05, 4.69) is 31.3 Å². The number of hydrazine groups is 1. The van der Waals surface area contributed by atoms with Crippen LogP contribution in [0.3, 0.4) is 0 Å². The lowest BCUT2D eigenvalue weighted by molar-refractivity contribution is 0.0959. The summed E-state index contributed by atoms with van der Waals surface area (Å²) in [5.74, 6) is -0.326. The van der Waals surface area contributed by atoms with Gasteiger partial charge in [0.05, 0.1) is 0 Å². The molecule has 4 aromatic rings. The summed E-state index contributed by atoms with van der Waals surface area (Å²) in [5.41, 5.74) is 8.06. The molecule has 0 radical (unpaired) electrons. The van der Waals surface area contributed by atoms with Gasteiger partial charge in [-0.1, -0.05) is 29.4 Å². The Bertz CT molecular complexity index is 1210. The van der Waals surface area contributed by atoms with E-state index < -0.39 is 5.91 Å². The molecule has 0 saturated heterocycles. The van der Waals surface area contributed by atoms with Gasteiger partial charge in [0.1, 0.15) is 0 Å². The van der Waals surface area contributed by atoms with Gasteiger partial charge in [0.15, 0.2) is 0 Å². The lowest BCUT2D eigenvalue weighted by Gasteiger charge is -2.11. The number of hydrogen-bond donors (Lipinski definition) is 3. The Morgan fingerprint density at radius 3 is 2.45 bits per heavy atom. The number of aromatic nitrogens is 3. The number of hydrogen-bond acceptors (Lipinski definition) is 7. The average molecular weight is 414 g/mol. The van der Waals surface area contributed by atoms with Crippen LogP contribution in [0, 0.1) is 6.92 Å². The van der Waals surface area contributed by atoms with Gasteiger partial charge in [-0.2, -0.15) is 4.98 Å². The fraction of sp³-hybridized carbons (Fsp3) is 0.0455. The van der Waals surface area contributed by atoms with E-state index in [0.717, 1.165) is 11.1 Å². The van der Waals surface area contributed by atoms with Crippen LogP contribution in [-0.4, -0.2) is 26.9 Å². The third-order valence-electron chi connectivity index (χ3n) is 4.43. The third kappa shape index (κ3) is 4.73. The Kier molecular flexibility index (Phi) is 5.66. The number of pyridine rings is 1. The molecule has 154 valence electrons. The SMILES string of the molecule is Cc1ccc(C(=O)NNc2nc(-c3ccncc3)no2)cc1NC(=O)c1ccccc1. The van der Waals surface area contributed by atoms with Crippen LogP contribution >= 0.6 is 0 Å². The summed E-state index contributed by atoms with van der Waals surface area (Å²) >= 11 is 0. The normalized spacial score (nSPS) is 10.4. The van der Waals surface area contributed by atoms with E-state index in [4.69, 9.17) is 4.52 Å². The predicted octanol–water partition coefficient (Wildman–Crippen LogP) is 3.45. The second kappa shape index (κ2) is 8.87. The summed E-state index contributed by atoms with van der Waals surface area (Å²) in [7, 11) is 0. The van der Waals surface area contributed by atoms with Crippen molar-refractivity contribution in [3.05, 3.63) is 89.7 Å². The Morgan fingerprint density at radius 2 is 1.68 bits per heavy atom. The molecule has 0 aliphatic rings. The van der Waals surface area contributed by atoms with Crippen LogP contribution in [-0.2, 0) is 0 Å². The number of nitrogens with one attached hydrogen (secondary N) is 3. The fourth-order valence-corrected chi connectivity index (χ4v) is 2.76. The van der Waals surface area contributed by atoms with Gasteiger partial charge in [0, 0.05) is 34.8 Å². The van der Waals surface area contributed by atoms with Crippen LogP contribution in [0.2, 0.25) is 0 Å². The van der Waals surface area contributed by atoms with Crippen LogP contribution in [0.25, 0.3) is 11.4 Å². The maximum atomic E-state index is 12.5. The first-order valence-electron chi connectivity index (χ1n) is 9.37. The lowest BCUT2D eigenvalue weighted by atomic mass is 10.1. The van der Waals surface area contributed by atoms with Crippen molar-refractivity contribution in [3.8, 4) is 11.4 Å². The van der Waals surface area contributed by atoms with E-state index in [1.54, 1.807) is 67.0 Å². The molecule has 0 atom stereocenters. The quantitative estimate of drug-likeness (QED) is 0.413. The predicted molar refractivity (Wildman–Crippen MR) is 114 cm³/mol. The summed E-state index contributed by atoms with van der Waals surface area (Å²) in [6.07, 6.45) is 3.23. The molecule has 31 heavy (non-hydrogen) atoms. The highest BCUT2D eigenvalue weighted by molar-refractivity contribution is 6.05. The highest BCUT2D eigenvalue weighted by atomic mass is 16.5. The number of rotatable bonds is 6. The van der Waals surface area contributed by atoms with E-state index in [0.29, 0.717) is 22.6 Å². The smallest absolute Gasteiger partial charge is 0.322 e. The molecular weight excluding hydrogens is 396 g/mol. The molecule has 2 aromatic heterocycles. The molecule has 0 aliphatic heterocycles. The summed E-state index contributed by atoms with van der Waals surface area (Å²) < 4.78 is 5.09. The Morgan fingerprint density at radius 1 is 0.903 bits per heavy atom. The number of benzene rings is 2. The zero-order valence-corrected chi connectivity index (χ0v) is 16.5. The van der Waals surface area contributed by atoms with Crippen molar-refractivity contribution in [3.63, 3.8) is 0 Å². The molecule has 9 nitrogen and oxygen atoms in total. The molecule has 0 fully saturated rings. The minimum Gasteiger partial charge on any atom is -0.322 e. The number of amides is 2. The first-order valence-corrected chi connectivity index (χ1v) is 9.37. The average Bonchev–Trinajstić information content (AvgIpc) is 3.29. The Labute approximate surface area is 177 Å². The molecule has 0 unspecified atom stereocenters. The van der Waals surface area contributed by atoms with E-state index >= 15 is 0 Å². The number of carbonyl (C=O) groups is 2. The van der Waals surface area contributed by atoms with Gasteiger partial charge < -0.3 is 9.84 Å². The largest absolute Gasteiger partial charge is 0.340 e. The lowest BCUT2D eigenvalue weighted by Crippen LogP contribution is -2.29. The second-order valence-corrected chi connectivity index (χ2v) is 6.59. The number of nitrogens with zero attached hydrogens (tertiary/aromatic N) is 3. The van der Waals surface area contributed by atoms with Crippen LogP contribution in [0.4, 0.5) is 11.7 Å². The molecule has 0 bridgehead atoms. The summed E-state index contributed by atoms with van der Waals surface area (Å²) in [4.78, 5) is 33.0. The van der Waals surface area contributed by atoms with Crippen LogP contribution in [0.1, 0.15) is 26.3 Å². The number of anilines is 2.